The minimum absolute atomic E-state index is 0.0548. The second-order valence-electron chi connectivity index (χ2n) is 4.15. The van der Waals surface area contributed by atoms with Crippen molar-refractivity contribution in [2.75, 3.05) is 13.2 Å². The first kappa shape index (κ1) is 14.1. The number of amides is 1. The average Bonchev–Trinajstić information content (AvgIpc) is 2.78. The third-order valence-corrected chi connectivity index (χ3v) is 3.46. The monoisotopic (exact) mass is 259 g/mol. The predicted molar refractivity (Wildman–Crippen MR) is 66.2 cm³/mol. The Morgan fingerprint density at radius 2 is 2.12 bits per heavy atom. The van der Waals surface area contributed by atoms with Gasteiger partial charge in [-0.1, -0.05) is 13.8 Å². The highest BCUT2D eigenvalue weighted by Gasteiger charge is 2.26. The van der Waals surface area contributed by atoms with Gasteiger partial charge in [0.2, 0.25) is 0 Å². The topological polar surface area (TPSA) is 62.5 Å². The average molecular weight is 260 g/mol. The number of hydrogen-bond donors (Lipinski definition) is 2. The number of carbonyl (C=O) groups is 1. The van der Waals surface area contributed by atoms with E-state index in [0.717, 1.165) is 12.8 Å². The van der Waals surface area contributed by atoms with Crippen LogP contribution in [0.3, 0.4) is 0 Å². The molecule has 1 rings (SSSR count). The van der Waals surface area contributed by atoms with E-state index in [4.69, 9.17) is 16.0 Å². The summed E-state index contributed by atoms with van der Waals surface area (Å²) in [6, 6.07) is 3.05. The number of nitrogens with one attached hydrogen (secondary N) is 1. The molecule has 2 N–H and O–H groups in total. The normalized spacial score (nSPS) is 11.5. The molecule has 0 aliphatic carbocycles. The van der Waals surface area contributed by atoms with E-state index in [1.54, 1.807) is 0 Å². The SMILES string of the molecule is CCC(CC)(CO)CNC(=O)c1ccc(Cl)o1. The number of furan rings is 1. The highest BCUT2D eigenvalue weighted by molar-refractivity contribution is 6.29. The van der Waals surface area contributed by atoms with Crippen molar-refractivity contribution in [1.29, 1.82) is 0 Å². The number of aliphatic hydroxyl groups excluding tert-OH is 1. The van der Waals surface area contributed by atoms with Crippen molar-refractivity contribution in [2.45, 2.75) is 26.7 Å². The highest BCUT2D eigenvalue weighted by Crippen LogP contribution is 2.24. The van der Waals surface area contributed by atoms with E-state index in [1.165, 1.54) is 12.1 Å². The number of halogens is 1. The molecule has 0 aliphatic heterocycles. The van der Waals surface area contributed by atoms with Gasteiger partial charge in [-0.2, -0.15) is 0 Å². The lowest BCUT2D eigenvalue weighted by atomic mass is 9.83. The van der Waals surface area contributed by atoms with Crippen LogP contribution in [0, 0.1) is 5.41 Å². The Balaban J connectivity index is 2.58. The van der Waals surface area contributed by atoms with Crippen LogP contribution in [0.4, 0.5) is 0 Å². The molecule has 0 saturated carbocycles. The summed E-state index contributed by atoms with van der Waals surface area (Å²) < 4.78 is 5.00. The molecule has 0 atom stereocenters. The molecule has 0 saturated heterocycles. The number of aliphatic hydroxyl groups is 1. The fraction of sp³-hybridized carbons (Fsp3) is 0.583. The zero-order chi connectivity index (χ0) is 12.9. The predicted octanol–water partition coefficient (Wildman–Crippen LogP) is 2.46. The van der Waals surface area contributed by atoms with Gasteiger partial charge in [0, 0.05) is 12.0 Å². The Kier molecular flexibility index (Phi) is 5.02. The van der Waals surface area contributed by atoms with Crippen molar-refractivity contribution in [3.05, 3.63) is 23.1 Å². The van der Waals surface area contributed by atoms with Crippen molar-refractivity contribution in [2.24, 2.45) is 5.41 Å². The van der Waals surface area contributed by atoms with E-state index >= 15 is 0 Å². The van der Waals surface area contributed by atoms with Crippen LogP contribution >= 0.6 is 11.6 Å². The number of rotatable bonds is 6. The molecule has 1 heterocycles. The molecular weight excluding hydrogens is 242 g/mol. The van der Waals surface area contributed by atoms with E-state index in [2.05, 4.69) is 5.32 Å². The highest BCUT2D eigenvalue weighted by atomic mass is 35.5. The van der Waals surface area contributed by atoms with Gasteiger partial charge < -0.3 is 14.8 Å². The molecule has 0 aliphatic rings. The van der Waals surface area contributed by atoms with Crippen molar-refractivity contribution in [3.8, 4) is 0 Å². The number of hydrogen-bond acceptors (Lipinski definition) is 3. The van der Waals surface area contributed by atoms with Crippen molar-refractivity contribution in [1.82, 2.24) is 5.32 Å². The maximum atomic E-state index is 11.7. The zero-order valence-electron chi connectivity index (χ0n) is 10.1. The summed E-state index contributed by atoms with van der Waals surface area (Å²) >= 11 is 5.59. The van der Waals surface area contributed by atoms with E-state index in [-0.39, 0.29) is 28.9 Å². The van der Waals surface area contributed by atoms with Crippen LogP contribution in [0.25, 0.3) is 0 Å². The Labute approximate surface area is 106 Å². The van der Waals surface area contributed by atoms with E-state index in [9.17, 15) is 9.90 Å². The lowest BCUT2D eigenvalue weighted by molar-refractivity contribution is 0.0827. The van der Waals surface area contributed by atoms with E-state index in [1.807, 2.05) is 13.8 Å². The molecule has 1 aromatic heterocycles. The van der Waals surface area contributed by atoms with Gasteiger partial charge in [0.05, 0.1) is 6.61 Å². The molecule has 1 amide bonds. The van der Waals surface area contributed by atoms with Gasteiger partial charge in [-0.3, -0.25) is 4.79 Å². The van der Waals surface area contributed by atoms with E-state index < -0.39 is 0 Å². The van der Waals surface area contributed by atoms with Crippen LogP contribution in [0.1, 0.15) is 37.2 Å². The Hall–Kier alpha value is -1.00. The summed E-state index contributed by atoms with van der Waals surface area (Å²) in [6.07, 6.45) is 1.61. The van der Waals surface area contributed by atoms with Gasteiger partial charge in [0.15, 0.2) is 11.0 Å². The molecule has 17 heavy (non-hydrogen) atoms. The molecule has 0 aromatic carbocycles. The summed E-state index contributed by atoms with van der Waals surface area (Å²) in [5.41, 5.74) is -0.258. The Morgan fingerprint density at radius 1 is 1.47 bits per heavy atom. The molecule has 0 fully saturated rings. The first-order valence-corrected chi connectivity index (χ1v) is 6.09. The third kappa shape index (κ3) is 3.48. The molecule has 0 radical (unpaired) electrons. The second kappa shape index (κ2) is 6.07. The van der Waals surface area contributed by atoms with Crippen LogP contribution in [0.5, 0.6) is 0 Å². The van der Waals surface area contributed by atoms with Crippen LogP contribution in [-0.2, 0) is 0 Å². The largest absolute Gasteiger partial charge is 0.440 e. The van der Waals surface area contributed by atoms with Crippen molar-refractivity contribution in [3.63, 3.8) is 0 Å². The summed E-state index contributed by atoms with van der Waals surface area (Å²) in [6.45, 7) is 4.47. The van der Waals surface area contributed by atoms with Crippen LogP contribution in [-0.4, -0.2) is 24.2 Å². The molecule has 0 spiro atoms. The molecule has 0 unspecified atom stereocenters. The molecule has 96 valence electrons. The Bertz CT molecular complexity index is 363. The van der Waals surface area contributed by atoms with Crippen LogP contribution < -0.4 is 5.32 Å². The van der Waals surface area contributed by atoms with Gasteiger partial charge in [-0.15, -0.1) is 0 Å². The summed E-state index contributed by atoms with van der Waals surface area (Å²) in [5.74, 6) is -0.120. The van der Waals surface area contributed by atoms with Gasteiger partial charge in [-0.25, -0.2) is 0 Å². The lowest BCUT2D eigenvalue weighted by Crippen LogP contribution is -2.39. The van der Waals surface area contributed by atoms with Crippen LogP contribution in [0.15, 0.2) is 16.5 Å². The van der Waals surface area contributed by atoms with E-state index in [0.29, 0.717) is 6.54 Å². The minimum Gasteiger partial charge on any atom is -0.440 e. The lowest BCUT2D eigenvalue weighted by Gasteiger charge is -2.29. The number of carbonyl (C=O) groups excluding carboxylic acids is 1. The standard InChI is InChI=1S/C12H18ClNO3/c1-3-12(4-2,8-15)7-14-11(16)9-5-6-10(13)17-9/h5-6,15H,3-4,7-8H2,1-2H3,(H,14,16). The third-order valence-electron chi connectivity index (χ3n) is 3.26. The molecular formula is C12H18ClNO3. The fourth-order valence-electron chi connectivity index (χ4n) is 1.57. The smallest absolute Gasteiger partial charge is 0.287 e. The quantitative estimate of drug-likeness (QED) is 0.825. The van der Waals surface area contributed by atoms with Crippen LogP contribution in [0.2, 0.25) is 5.22 Å². The summed E-state index contributed by atoms with van der Waals surface area (Å²) in [7, 11) is 0. The molecule has 1 aromatic rings. The maximum absolute atomic E-state index is 11.7. The zero-order valence-corrected chi connectivity index (χ0v) is 10.9. The second-order valence-corrected chi connectivity index (χ2v) is 4.52. The van der Waals surface area contributed by atoms with Gasteiger partial charge in [0.25, 0.3) is 5.91 Å². The maximum Gasteiger partial charge on any atom is 0.287 e. The van der Waals surface area contributed by atoms with Gasteiger partial charge in [-0.05, 0) is 36.6 Å². The van der Waals surface area contributed by atoms with Gasteiger partial charge >= 0.3 is 0 Å². The molecule has 5 heteroatoms. The fourth-order valence-corrected chi connectivity index (χ4v) is 1.72. The first-order valence-electron chi connectivity index (χ1n) is 5.71. The summed E-state index contributed by atoms with van der Waals surface area (Å²) in [4.78, 5) is 11.7. The minimum atomic E-state index is -0.309. The van der Waals surface area contributed by atoms with Crippen molar-refractivity contribution < 1.29 is 14.3 Å². The molecule has 4 nitrogen and oxygen atoms in total. The van der Waals surface area contributed by atoms with Gasteiger partial charge in [0.1, 0.15) is 0 Å². The first-order chi connectivity index (χ1) is 8.06. The van der Waals surface area contributed by atoms with Crippen molar-refractivity contribution >= 4 is 17.5 Å². The molecule has 0 bridgehead atoms. The summed E-state index contributed by atoms with van der Waals surface area (Å²) in [5, 5.41) is 12.3. The Morgan fingerprint density at radius 3 is 2.53 bits per heavy atom.